The number of hydrazine groups is 1. The first-order valence-corrected chi connectivity index (χ1v) is 8.95. The van der Waals surface area contributed by atoms with Crippen molar-refractivity contribution >= 4 is 9.84 Å². The van der Waals surface area contributed by atoms with Crippen LogP contribution in [0.1, 0.15) is 31.2 Å². The molecule has 1 aromatic heterocycles. The van der Waals surface area contributed by atoms with Crippen LogP contribution in [0.5, 0.6) is 0 Å². The van der Waals surface area contributed by atoms with Gasteiger partial charge >= 0.3 is 0 Å². The van der Waals surface area contributed by atoms with Gasteiger partial charge in [0, 0.05) is 24.7 Å². The third-order valence-electron chi connectivity index (χ3n) is 3.92. The zero-order valence-electron chi connectivity index (χ0n) is 12.2. The van der Waals surface area contributed by atoms with E-state index in [0.29, 0.717) is 11.5 Å². The Kier molecular flexibility index (Phi) is 4.82. The highest BCUT2D eigenvalue weighted by atomic mass is 32.2. The summed E-state index contributed by atoms with van der Waals surface area (Å²) >= 11 is 0. The molecule has 3 N–H and O–H groups in total. The molecule has 1 aliphatic rings. The Labute approximate surface area is 120 Å². The number of nitrogens with zero attached hydrogens (tertiary/aromatic N) is 2. The summed E-state index contributed by atoms with van der Waals surface area (Å²) in [5.74, 6) is 6.48. The molecule has 2 unspecified atom stereocenters. The van der Waals surface area contributed by atoms with Gasteiger partial charge in [-0.3, -0.25) is 16.0 Å². The Morgan fingerprint density at radius 3 is 2.90 bits per heavy atom. The largest absolute Gasteiger partial charge is 0.271 e. The highest BCUT2D eigenvalue weighted by Crippen LogP contribution is 2.24. The van der Waals surface area contributed by atoms with Crippen LogP contribution in [-0.2, 0) is 22.8 Å². The van der Waals surface area contributed by atoms with Gasteiger partial charge in [0.15, 0.2) is 9.84 Å². The average Bonchev–Trinajstić information content (AvgIpc) is 2.91. The highest BCUT2D eigenvalue weighted by molar-refractivity contribution is 7.91. The number of hydrogen-bond donors (Lipinski definition) is 2. The van der Waals surface area contributed by atoms with E-state index in [0.717, 1.165) is 37.2 Å². The van der Waals surface area contributed by atoms with Crippen LogP contribution >= 0.6 is 0 Å². The zero-order chi connectivity index (χ0) is 14.8. The second kappa shape index (κ2) is 6.24. The van der Waals surface area contributed by atoms with Gasteiger partial charge in [-0.15, -0.1) is 0 Å². The molecule has 1 aromatic rings. The van der Waals surface area contributed by atoms with Gasteiger partial charge in [0.05, 0.1) is 17.2 Å². The SMILES string of the molecule is CCn1nc(C)cc1CC(CC1CCS(=O)(=O)C1)NN. The lowest BCUT2D eigenvalue weighted by Gasteiger charge is -2.19. The predicted octanol–water partition coefficient (Wildman–Crippen LogP) is 0.411. The van der Waals surface area contributed by atoms with Crippen molar-refractivity contribution in [3.8, 4) is 0 Å². The summed E-state index contributed by atoms with van der Waals surface area (Å²) in [5.41, 5.74) is 4.98. The maximum atomic E-state index is 11.5. The quantitative estimate of drug-likeness (QED) is 0.587. The van der Waals surface area contributed by atoms with Crippen molar-refractivity contribution in [1.29, 1.82) is 0 Å². The molecule has 2 rings (SSSR count). The van der Waals surface area contributed by atoms with Gasteiger partial charge in [0.25, 0.3) is 0 Å². The molecule has 0 amide bonds. The van der Waals surface area contributed by atoms with E-state index in [1.54, 1.807) is 0 Å². The number of nitrogens with one attached hydrogen (secondary N) is 1. The molecule has 0 aromatic carbocycles. The molecule has 1 aliphatic heterocycles. The summed E-state index contributed by atoms with van der Waals surface area (Å²) < 4.78 is 25.0. The molecule has 0 aliphatic carbocycles. The lowest BCUT2D eigenvalue weighted by molar-refractivity contribution is 0.400. The van der Waals surface area contributed by atoms with Crippen molar-refractivity contribution in [3.05, 3.63) is 17.5 Å². The van der Waals surface area contributed by atoms with Gasteiger partial charge in [0.1, 0.15) is 0 Å². The van der Waals surface area contributed by atoms with Crippen LogP contribution in [0.3, 0.4) is 0 Å². The van der Waals surface area contributed by atoms with Crippen LogP contribution in [0, 0.1) is 12.8 Å². The minimum atomic E-state index is -2.82. The molecule has 2 heterocycles. The van der Waals surface area contributed by atoms with Crippen molar-refractivity contribution in [3.63, 3.8) is 0 Å². The standard InChI is InChI=1S/C13H24N4O2S/c1-3-17-13(6-10(2)16-17)8-12(15-14)7-11-4-5-20(18,19)9-11/h6,11-12,15H,3-5,7-9,14H2,1-2H3. The molecular formula is C13H24N4O2S. The Hall–Kier alpha value is -0.920. The minimum Gasteiger partial charge on any atom is -0.271 e. The Morgan fingerprint density at radius 1 is 1.60 bits per heavy atom. The van der Waals surface area contributed by atoms with Crippen LogP contribution < -0.4 is 11.3 Å². The third-order valence-corrected chi connectivity index (χ3v) is 5.76. The van der Waals surface area contributed by atoms with Crippen molar-refractivity contribution in [2.24, 2.45) is 11.8 Å². The zero-order valence-corrected chi connectivity index (χ0v) is 13.0. The second-order valence-corrected chi connectivity index (χ2v) is 7.89. The maximum absolute atomic E-state index is 11.5. The van der Waals surface area contributed by atoms with Gasteiger partial charge in [-0.05, 0) is 38.7 Å². The first kappa shape index (κ1) is 15.5. The van der Waals surface area contributed by atoms with E-state index in [9.17, 15) is 8.42 Å². The fraction of sp³-hybridized carbons (Fsp3) is 0.769. The van der Waals surface area contributed by atoms with Crippen molar-refractivity contribution in [2.45, 2.75) is 45.7 Å². The van der Waals surface area contributed by atoms with E-state index in [4.69, 9.17) is 5.84 Å². The summed E-state index contributed by atoms with van der Waals surface area (Å²) in [6.07, 6.45) is 2.33. The summed E-state index contributed by atoms with van der Waals surface area (Å²) in [7, 11) is -2.82. The molecule has 0 bridgehead atoms. The topological polar surface area (TPSA) is 90.0 Å². The molecule has 2 atom stereocenters. The Bertz CT molecular complexity index is 553. The number of nitrogens with two attached hydrogens (primary N) is 1. The number of aryl methyl sites for hydroxylation is 2. The molecule has 114 valence electrons. The van der Waals surface area contributed by atoms with Gasteiger partial charge in [0.2, 0.25) is 0 Å². The number of rotatable bonds is 6. The smallest absolute Gasteiger partial charge is 0.150 e. The van der Waals surface area contributed by atoms with Crippen molar-refractivity contribution < 1.29 is 8.42 Å². The summed E-state index contributed by atoms with van der Waals surface area (Å²) in [6, 6.07) is 2.16. The summed E-state index contributed by atoms with van der Waals surface area (Å²) in [6.45, 7) is 4.87. The molecule has 7 heteroatoms. The Morgan fingerprint density at radius 2 is 2.35 bits per heavy atom. The highest BCUT2D eigenvalue weighted by Gasteiger charge is 2.29. The number of sulfone groups is 1. The van der Waals surface area contributed by atoms with E-state index >= 15 is 0 Å². The third kappa shape index (κ3) is 3.80. The molecule has 20 heavy (non-hydrogen) atoms. The predicted molar refractivity (Wildman–Crippen MR) is 78.8 cm³/mol. The van der Waals surface area contributed by atoms with Gasteiger partial charge in [-0.25, -0.2) is 8.42 Å². The lowest BCUT2D eigenvalue weighted by atomic mass is 9.96. The molecule has 0 radical (unpaired) electrons. The van der Waals surface area contributed by atoms with E-state index in [-0.39, 0.29) is 12.0 Å². The van der Waals surface area contributed by atoms with Gasteiger partial charge < -0.3 is 0 Å². The average molecular weight is 300 g/mol. The van der Waals surface area contributed by atoms with Crippen LogP contribution in [-0.4, -0.2) is 35.7 Å². The molecule has 6 nitrogen and oxygen atoms in total. The minimum absolute atomic E-state index is 0.0923. The first-order chi connectivity index (χ1) is 9.43. The number of hydrogen-bond acceptors (Lipinski definition) is 5. The van der Waals surface area contributed by atoms with Crippen LogP contribution in [0.2, 0.25) is 0 Å². The monoisotopic (exact) mass is 300 g/mol. The first-order valence-electron chi connectivity index (χ1n) is 7.13. The maximum Gasteiger partial charge on any atom is 0.150 e. The van der Waals surface area contributed by atoms with Crippen LogP contribution in [0.15, 0.2) is 6.07 Å². The lowest BCUT2D eigenvalue weighted by Crippen LogP contribution is -2.39. The van der Waals surface area contributed by atoms with Gasteiger partial charge in [-0.2, -0.15) is 5.10 Å². The summed E-state index contributed by atoms with van der Waals surface area (Å²) in [4.78, 5) is 0. The molecular weight excluding hydrogens is 276 g/mol. The number of aromatic nitrogens is 2. The fourth-order valence-corrected chi connectivity index (χ4v) is 4.84. The molecule has 1 saturated heterocycles. The summed E-state index contributed by atoms with van der Waals surface area (Å²) in [5, 5.41) is 4.42. The Balaban J connectivity index is 1.98. The fourth-order valence-electron chi connectivity index (χ4n) is 2.96. The van der Waals surface area contributed by atoms with Crippen LogP contribution in [0.25, 0.3) is 0 Å². The molecule has 1 fully saturated rings. The van der Waals surface area contributed by atoms with E-state index in [1.807, 2.05) is 11.6 Å². The van der Waals surface area contributed by atoms with E-state index in [2.05, 4.69) is 23.5 Å². The van der Waals surface area contributed by atoms with Gasteiger partial charge in [-0.1, -0.05) is 0 Å². The van der Waals surface area contributed by atoms with Crippen LogP contribution in [0.4, 0.5) is 0 Å². The molecule has 0 spiro atoms. The normalized spacial score (nSPS) is 23.1. The van der Waals surface area contributed by atoms with Crippen molar-refractivity contribution in [2.75, 3.05) is 11.5 Å². The second-order valence-electron chi connectivity index (χ2n) is 5.67. The molecule has 0 saturated carbocycles. The van der Waals surface area contributed by atoms with Crippen molar-refractivity contribution in [1.82, 2.24) is 15.2 Å². The van der Waals surface area contributed by atoms with E-state index in [1.165, 1.54) is 0 Å². The van der Waals surface area contributed by atoms with E-state index < -0.39 is 9.84 Å².